The molecule has 0 aliphatic heterocycles. The Hall–Kier alpha value is -0.990. The standard InChI is InChI=1S/C16H32N4O2.HI/c1-6-8-9-11-18-14(17-7-2)19-12-10-13-20-15(21)22-16(3,4)5;/h6,8H,7,9-13H2,1-5H3,(H,20,21)(H2,17,18,19);1H/b8-6+;. The lowest BCUT2D eigenvalue weighted by Crippen LogP contribution is -2.38. The van der Waals surface area contributed by atoms with Gasteiger partial charge in [0.15, 0.2) is 5.96 Å². The summed E-state index contributed by atoms with van der Waals surface area (Å²) in [6, 6.07) is 0. The highest BCUT2D eigenvalue weighted by Gasteiger charge is 2.15. The van der Waals surface area contributed by atoms with E-state index in [2.05, 4.69) is 27.0 Å². The van der Waals surface area contributed by atoms with E-state index in [1.165, 1.54) is 0 Å². The molecule has 0 radical (unpaired) electrons. The second-order valence-electron chi connectivity index (χ2n) is 5.83. The SMILES string of the molecule is C/C=C/CCNC(=NCCCNC(=O)OC(C)(C)C)NCC.I. The lowest BCUT2D eigenvalue weighted by Gasteiger charge is -2.19. The van der Waals surface area contributed by atoms with Gasteiger partial charge in [-0.1, -0.05) is 12.2 Å². The fourth-order valence-electron chi connectivity index (χ4n) is 1.56. The summed E-state index contributed by atoms with van der Waals surface area (Å²) in [5, 5.41) is 9.18. The van der Waals surface area contributed by atoms with Crippen LogP contribution in [0.25, 0.3) is 0 Å². The first-order chi connectivity index (χ1) is 10.4. The second kappa shape index (κ2) is 14.6. The largest absolute Gasteiger partial charge is 0.444 e. The Kier molecular flexibility index (Phi) is 15.4. The van der Waals surface area contributed by atoms with Crippen molar-refractivity contribution in [1.82, 2.24) is 16.0 Å². The maximum Gasteiger partial charge on any atom is 0.407 e. The quantitative estimate of drug-likeness (QED) is 0.178. The van der Waals surface area contributed by atoms with Crippen LogP contribution in [-0.4, -0.2) is 43.8 Å². The molecule has 0 spiro atoms. The minimum atomic E-state index is -0.461. The molecule has 0 saturated heterocycles. The Bertz CT molecular complexity index is 366. The summed E-state index contributed by atoms with van der Waals surface area (Å²) < 4.78 is 5.16. The highest BCUT2D eigenvalue weighted by Crippen LogP contribution is 2.06. The van der Waals surface area contributed by atoms with Crippen LogP contribution < -0.4 is 16.0 Å². The van der Waals surface area contributed by atoms with Gasteiger partial charge in [0, 0.05) is 26.2 Å². The number of hydrogen-bond donors (Lipinski definition) is 3. The Morgan fingerprint density at radius 1 is 1.17 bits per heavy atom. The van der Waals surface area contributed by atoms with Gasteiger partial charge >= 0.3 is 6.09 Å². The van der Waals surface area contributed by atoms with Crippen LogP contribution in [0.2, 0.25) is 0 Å². The van der Waals surface area contributed by atoms with E-state index in [-0.39, 0.29) is 30.1 Å². The summed E-state index contributed by atoms with van der Waals surface area (Å²) in [4.78, 5) is 15.9. The first kappa shape index (κ1) is 24.3. The van der Waals surface area contributed by atoms with Crippen molar-refractivity contribution in [3.05, 3.63) is 12.2 Å². The van der Waals surface area contributed by atoms with Crippen LogP contribution >= 0.6 is 24.0 Å². The number of nitrogens with zero attached hydrogens (tertiary/aromatic N) is 1. The Balaban J connectivity index is 0. The maximum atomic E-state index is 11.5. The molecule has 0 heterocycles. The number of halogens is 1. The molecule has 1 amide bonds. The van der Waals surface area contributed by atoms with Gasteiger partial charge in [0.1, 0.15) is 5.60 Å². The van der Waals surface area contributed by atoms with Gasteiger partial charge in [-0.25, -0.2) is 4.79 Å². The van der Waals surface area contributed by atoms with Crippen molar-refractivity contribution in [2.75, 3.05) is 26.2 Å². The molecule has 0 aromatic rings. The number of rotatable bonds is 8. The molecule has 0 unspecified atom stereocenters. The Morgan fingerprint density at radius 2 is 1.87 bits per heavy atom. The molecule has 0 aromatic heterocycles. The van der Waals surface area contributed by atoms with Crippen molar-refractivity contribution in [1.29, 1.82) is 0 Å². The van der Waals surface area contributed by atoms with Gasteiger partial charge in [0.05, 0.1) is 0 Å². The highest BCUT2D eigenvalue weighted by molar-refractivity contribution is 14.0. The molecule has 136 valence electrons. The van der Waals surface area contributed by atoms with E-state index in [4.69, 9.17) is 4.74 Å². The van der Waals surface area contributed by atoms with Gasteiger partial charge in [-0.3, -0.25) is 4.99 Å². The minimum absolute atomic E-state index is 0. The molecule has 3 N–H and O–H groups in total. The third kappa shape index (κ3) is 17.2. The number of hydrogen-bond acceptors (Lipinski definition) is 3. The van der Waals surface area contributed by atoms with Crippen LogP contribution in [-0.2, 0) is 4.74 Å². The molecule has 0 fully saturated rings. The zero-order chi connectivity index (χ0) is 16.8. The van der Waals surface area contributed by atoms with Crippen molar-refractivity contribution in [3.8, 4) is 0 Å². The molecule has 0 saturated carbocycles. The van der Waals surface area contributed by atoms with Crippen molar-refractivity contribution >= 4 is 36.0 Å². The first-order valence-electron chi connectivity index (χ1n) is 7.99. The molecule has 0 rings (SSSR count). The topological polar surface area (TPSA) is 74.8 Å². The number of amides is 1. The molecule has 23 heavy (non-hydrogen) atoms. The molecule has 0 bridgehead atoms. The fourth-order valence-corrected chi connectivity index (χ4v) is 1.56. The number of aliphatic imine (C=N–C) groups is 1. The second-order valence-corrected chi connectivity index (χ2v) is 5.83. The van der Waals surface area contributed by atoms with Gasteiger partial charge in [0.2, 0.25) is 0 Å². The summed E-state index contributed by atoms with van der Waals surface area (Å²) in [5.74, 6) is 0.810. The predicted octanol–water partition coefficient (Wildman–Crippen LogP) is 3.04. The molecular formula is C16H33IN4O2. The van der Waals surface area contributed by atoms with E-state index in [1.807, 2.05) is 40.7 Å². The Morgan fingerprint density at radius 3 is 2.43 bits per heavy atom. The number of ether oxygens (including phenoxy) is 1. The Labute approximate surface area is 157 Å². The van der Waals surface area contributed by atoms with Gasteiger partial charge in [-0.15, -0.1) is 24.0 Å². The van der Waals surface area contributed by atoms with Crippen LogP contribution in [0.5, 0.6) is 0 Å². The molecule has 0 aromatic carbocycles. The molecule has 0 atom stereocenters. The monoisotopic (exact) mass is 440 g/mol. The van der Waals surface area contributed by atoms with E-state index in [0.29, 0.717) is 13.1 Å². The van der Waals surface area contributed by atoms with Crippen molar-refractivity contribution in [3.63, 3.8) is 0 Å². The van der Waals surface area contributed by atoms with Crippen LogP contribution in [0.4, 0.5) is 4.79 Å². The number of carbonyl (C=O) groups excluding carboxylic acids is 1. The molecule has 7 heteroatoms. The summed E-state index contributed by atoms with van der Waals surface area (Å²) in [7, 11) is 0. The van der Waals surface area contributed by atoms with Gasteiger partial charge < -0.3 is 20.7 Å². The maximum absolute atomic E-state index is 11.5. The molecule has 0 aliphatic carbocycles. The van der Waals surface area contributed by atoms with E-state index >= 15 is 0 Å². The fraction of sp³-hybridized carbons (Fsp3) is 0.750. The molecular weight excluding hydrogens is 407 g/mol. The predicted molar refractivity (Wildman–Crippen MR) is 108 cm³/mol. The van der Waals surface area contributed by atoms with Gasteiger partial charge in [-0.05, 0) is 47.5 Å². The van der Waals surface area contributed by atoms with Gasteiger partial charge in [0.25, 0.3) is 0 Å². The summed E-state index contributed by atoms with van der Waals surface area (Å²) in [6.45, 7) is 12.5. The van der Waals surface area contributed by atoms with Crippen molar-refractivity contribution < 1.29 is 9.53 Å². The van der Waals surface area contributed by atoms with Crippen LogP contribution in [0.15, 0.2) is 17.1 Å². The average molecular weight is 440 g/mol. The zero-order valence-corrected chi connectivity index (χ0v) is 17.4. The van der Waals surface area contributed by atoms with Crippen LogP contribution in [0.3, 0.4) is 0 Å². The van der Waals surface area contributed by atoms with Crippen LogP contribution in [0.1, 0.15) is 47.5 Å². The van der Waals surface area contributed by atoms with Crippen molar-refractivity contribution in [2.45, 2.75) is 53.1 Å². The minimum Gasteiger partial charge on any atom is -0.444 e. The average Bonchev–Trinajstić information content (AvgIpc) is 2.41. The number of allylic oxidation sites excluding steroid dienone is 1. The summed E-state index contributed by atoms with van der Waals surface area (Å²) >= 11 is 0. The smallest absolute Gasteiger partial charge is 0.407 e. The van der Waals surface area contributed by atoms with Gasteiger partial charge in [-0.2, -0.15) is 0 Å². The first-order valence-corrected chi connectivity index (χ1v) is 7.99. The third-order valence-corrected chi connectivity index (χ3v) is 2.46. The zero-order valence-electron chi connectivity index (χ0n) is 15.1. The van der Waals surface area contributed by atoms with E-state index in [1.54, 1.807) is 0 Å². The summed E-state index contributed by atoms with van der Waals surface area (Å²) in [5.41, 5.74) is -0.461. The van der Waals surface area contributed by atoms with E-state index < -0.39 is 5.60 Å². The number of carbonyl (C=O) groups is 1. The normalized spacial score (nSPS) is 11.8. The highest BCUT2D eigenvalue weighted by atomic mass is 127. The van der Waals surface area contributed by atoms with E-state index in [9.17, 15) is 4.79 Å². The van der Waals surface area contributed by atoms with E-state index in [0.717, 1.165) is 31.9 Å². The molecule has 0 aliphatic rings. The lowest BCUT2D eigenvalue weighted by atomic mass is 10.2. The number of nitrogens with one attached hydrogen (secondary N) is 3. The van der Waals surface area contributed by atoms with Crippen LogP contribution in [0, 0.1) is 0 Å². The third-order valence-electron chi connectivity index (χ3n) is 2.46. The number of guanidine groups is 1. The lowest BCUT2D eigenvalue weighted by molar-refractivity contribution is 0.0527. The number of alkyl carbamates (subject to hydrolysis) is 1. The van der Waals surface area contributed by atoms with Crippen molar-refractivity contribution in [2.24, 2.45) is 4.99 Å². The molecule has 6 nitrogen and oxygen atoms in total. The summed E-state index contributed by atoms with van der Waals surface area (Å²) in [6.07, 6.45) is 5.51.